The predicted octanol–water partition coefficient (Wildman–Crippen LogP) is 2.28. The van der Waals surface area contributed by atoms with E-state index < -0.39 is 0 Å². The van der Waals surface area contributed by atoms with Crippen LogP contribution >= 0.6 is 0 Å². The first-order valence-electron chi connectivity index (χ1n) is 5.80. The zero-order valence-corrected chi connectivity index (χ0v) is 9.82. The molecule has 2 rings (SSSR count). The molecule has 0 radical (unpaired) electrons. The Labute approximate surface area is 91.1 Å². The standard InChI is InChI=1S/C12H20N2O/c1-8-9(2)13-14(10(8)3)11-5-4-6-12(15)7-11/h11-12,15H,4-7H2,1-3H3. The average molecular weight is 208 g/mol. The van der Waals surface area contributed by atoms with E-state index >= 15 is 0 Å². The van der Waals surface area contributed by atoms with Crippen LogP contribution < -0.4 is 0 Å². The van der Waals surface area contributed by atoms with Crippen LogP contribution in [0.3, 0.4) is 0 Å². The van der Waals surface area contributed by atoms with E-state index in [1.165, 1.54) is 11.3 Å². The molecule has 2 unspecified atom stereocenters. The summed E-state index contributed by atoms with van der Waals surface area (Å²) in [5, 5.41) is 14.2. The minimum atomic E-state index is -0.132. The molecule has 1 aliphatic rings. The van der Waals surface area contributed by atoms with E-state index in [2.05, 4.69) is 30.6 Å². The molecule has 0 saturated heterocycles. The normalized spacial score (nSPS) is 26.9. The number of aliphatic hydroxyl groups excluding tert-OH is 1. The van der Waals surface area contributed by atoms with Gasteiger partial charge in [0.2, 0.25) is 0 Å². The summed E-state index contributed by atoms with van der Waals surface area (Å²) in [6.07, 6.45) is 3.95. The minimum absolute atomic E-state index is 0.132. The maximum Gasteiger partial charge on any atom is 0.0625 e. The molecule has 1 N–H and O–H groups in total. The van der Waals surface area contributed by atoms with Gasteiger partial charge in [0.15, 0.2) is 0 Å². The Morgan fingerprint density at radius 2 is 2.00 bits per heavy atom. The lowest BCUT2D eigenvalue weighted by atomic mass is 9.93. The van der Waals surface area contributed by atoms with Gasteiger partial charge in [-0.3, -0.25) is 4.68 Å². The SMILES string of the molecule is Cc1nn(C2CCCC(O)C2)c(C)c1C. The van der Waals surface area contributed by atoms with Gasteiger partial charge in [-0.1, -0.05) is 0 Å². The van der Waals surface area contributed by atoms with Gasteiger partial charge in [0.05, 0.1) is 17.8 Å². The number of hydrogen-bond donors (Lipinski definition) is 1. The highest BCUT2D eigenvalue weighted by Crippen LogP contribution is 2.30. The smallest absolute Gasteiger partial charge is 0.0625 e. The summed E-state index contributed by atoms with van der Waals surface area (Å²) in [5.41, 5.74) is 3.66. The summed E-state index contributed by atoms with van der Waals surface area (Å²) in [6.45, 7) is 6.29. The molecule has 2 atom stereocenters. The van der Waals surface area contributed by atoms with Crippen molar-refractivity contribution in [1.29, 1.82) is 0 Å². The van der Waals surface area contributed by atoms with Crippen molar-refractivity contribution in [2.75, 3.05) is 0 Å². The molecule has 15 heavy (non-hydrogen) atoms. The van der Waals surface area contributed by atoms with Gasteiger partial charge in [-0.05, 0) is 52.0 Å². The van der Waals surface area contributed by atoms with Crippen molar-refractivity contribution < 1.29 is 5.11 Å². The van der Waals surface area contributed by atoms with Gasteiger partial charge in [-0.25, -0.2) is 0 Å². The first kappa shape index (κ1) is 10.7. The van der Waals surface area contributed by atoms with Gasteiger partial charge in [-0.15, -0.1) is 0 Å². The van der Waals surface area contributed by atoms with Crippen molar-refractivity contribution in [1.82, 2.24) is 9.78 Å². The van der Waals surface area contributed by atoms with Gasteiger partial charge < -0.3 is 5.11 Å². The lowest BCUT2D eigenvalue weighted by molar-refractivity contribution is 0.0994. The first-order chi connectivity index (χ1) is 7.09. The molecule has 84 valence electrons. The molecule has 0 bridgehead atoms. The first-order valence-corrected chi connectivity index (χ1v) is 5.80. The Hall–Kier alpha value is -0.830. The zero-order chi connectivity index (χ0) is 11.0. The highest BCUT2D eigenvalue weighted by molar-refractivity contribution is 5.22. The lowest BCUT2D eigenvalue weighted by Gasteiger charge is -2.27. The summed E-state index contributed by atoms with van der Waals surface area (Å²) in [6, 6.07) is 0.404. The van der Waals surface area contributed by atoms with Crippen LogP contribution in [-0.4, -0.2) is 21.0 Å². The molecule has 1 aromatic heterocycles. The number of hydrogen-bond acceptors (Lipinski definition) is 2. The molecule has 1 heterocycles. The van der Waals surface area contributed by atoms with Crippen LogP contribution in [0.1, 0.15) is 48.7 Å². The van der Waals surface area contributed by atoms with Gasteiger partial charge in [-0.2, -0.15) is 5.10 Å². The molecular formula is C12H20N2O. The third kappa shape index (κ3) is 1.93. The maximum atomic E-state index is 9.67. The Morgan fingerprint density at radius 3 is 2.53 bits per heavy atom. The Bertz CT molecular complexity index is 357. The fourth-order valence-corrected chi connectivity index (χ4v) is 2.46. The van der Waals surface area contributed by atoms with Gasteiger partial charge in [0.25, 0.3) is 0 Å². The molecule has 1 aromatic rings. The van der Waals surface area contributed by atoms with Crippen molar-refractivity contribution in [2.45, 2.75) is 58.6 Å². The zero-order valence-electron chi connectivity index (χ0n) is 9.82. The van der Waals surface area contributed by atoms with Crippen LogP contribution in [0.4, 0.5) is 0 Å². The fraction of sp³-hybridized carbons (Fsp3) is 0.750. The second kappa shape index (κ2) is 3.97. The third-order valence-electron chi connectivity index (χ3n) is 3.65. The number of aryl methyl sites for hydroxylation is 1. The molecule has 3 nitrogen and oxygen atoms in total. The van der Waals surface area contributed by atoms with E-state index in [-0.39, 0.29) is 6.10 Å². The summed E-state index contributed by atoms with van der Waals surface area (Å²) in [7, 11) is 0. The lowest BCUT2D eigenvalue weighted by Crippen LogP contribution is -2.23. The van der Waals surface area contributed by atoms with Crippen molar-refractivity contribution in [3.05, 3.63) is 17.0 Å². The van der Waals surface area contributed by atoms with Gasteiger partial charge in [0, 0.05) is 5.69 Å². The minimum Gasteiger partial charge on any atom is -0.393 e. The largest absolute Gasteiger partial charge is 0.393 e. The van der Waals surface area contributed by atoms with E-state index in [0.717, 1.165) is 31.4 Å². The third-order valence-corrected chi connectivity index (χ3v) is 3.65. The maximum absolute atomic E-state index is 9.67. The molecule has 0 aromatic carbocycles. The highest BCUT2D eigenvalue weighted by Gasteiger charge is 2.24. The van der Waals surface area contributed by atoms with Crippen LogP contribution in [0.5, 0.6) is 0 Å². The average Bonchev–Trinajstić information content (AvgIpc) is 2.46. The molecule has 3 heteroatoms. The molecule has 1 saturated carbocycles. The second-order valence-corrected chi connectivity index (χ2v) is 4.71. The number of rotatable bonds is 1. The Morgan fingerprint density at radius 1 is 1.27 bits per heavy atom. The van der Waals surface area contributed by atoms with Crippen LogP contribution in [0.2, 0.25) is 0 Å². The van der Waals surface area contributed by atoms with Gasteiger partial charge >= 0.3 is 0 Å². The fourth-order valence-electron chi connectivity index (χ4n) is 2.46. The number of aliphatic hydroxyl groups is 1. The van der Waals surface area contributed by atoms with Crippen LogP contribution in [0.25, 0.3) is 0 Å². The number of nitrogens with zero attached hydrogens (tertiary/aromatic N) is 2. The molecular weight excluding hydrogens is 188 g/mol. The molecule has 0 spiro atoms. The summed E-state index contributed by atoms with van der Waals surface area (Å²) in [5.74, 6) is 0. The van der Waals surface area contributed by atoms with Crippen LogP contribution in [0, 0.1) is 20.8 Å². The highest BCUT2D eigenvalue weighted by atomic mass is 16.3. The summed E-state index contributed by atoms with van der Waals surface area (Å²) < 4.78 is 2.12. The van der Waals surface area contributed by atoms with E-state index in [0.29, 0.717) is 6.04 Å². The van der Waals surface area contributed by atoms with E-state index in [1.54, 1.807) is 0 Å². The van der Waals surface area contributed by atoms with Gasteiger partial charge in [0.1, 0.15) is 0 Å². The topological polar surface area (TPSA) is 38.0 Å². The monoisotopic (exact) mass is 208 g/mol. The van der Waals surface area contributed by atoms with E-state index in [9.17, 15) is 5.11 Å². The Kier molecular flexibility index (Phi) is 2.83. The van der Waals surface area contributed by atoms with Crippen molar-refractivity contribution in [2.24, 2.45) is 0 Å². The van der Waals surface area contributed by atoms with E-state index in [1.807, 2.05) is 0 Å². The van der Waals surface area contributed by atoms with Crippen LogP contribution in [-0.2, 0) is 0 Å². The van der Waals surface area contributed by atoms with Crippen LogP contribution in [0.15, 0.2) is 0 Å². The Balaban J connectivity index is 2.25. The summed E-state index contributed by atoms with van der Waals surface area (Å²) >= 11 is 0. The van der Waals surface area contributed by atoms with Crippen molar-refractivity contribution in [3.8, 4) is 0 Å². The summed E-state index contributed by atoms with van der Waals surface area (Å²) in [4.78, 5) is 0. The molecule has 1 fully saturated rings. The van der Waals surface area contributed by atoms with E-state index in [4.69, 9.17) is 0 Å². The molecule has 1 aliphatic carbocycles. The number of aromatic nitrogens is 2. The quantitative estimate of drug-likeness (QED) is 0.769. The predicted molar refractivity (Wildman–Crippen MR) is 59.9 cm³/mol. The molecule has 0 amide bonds. The van der Waals surface area contributed by atoms with Crippen molar-refractivity contribution >= 4 is 0 Å². The second-order valence-electron chi connectivity index (χ2n) is 4.71. The molecule has 0 aliphatic heterocycles. The van der Waals surface area contributed by atoms with Crippen molar-refractivity contribution in [3.63, 3.8) is 0 Å².